The molecule has 0 radical (unpaired) electrons. The van der Waals surface area contributed by atoms with Crippen LogP contribution in [0.25, 0.3) is 11.0 Å². The van der Waals surface area contributed by atoms with Crippen LogP contribution in [0.2, 0.25) is 5.02 Å². The number of nitrogens with one attached hydrogen (secondary N) is 6. The number of fused-ring (bicyclic) bond motifs is 1. The number of anilines is 4. The molecule has 146 valence electrons. The van der Waals surface area contributed by atoms with E-state index >= 15 is 0 Å². The molecule has 0 unspecified atom stereocenters. The quantitative estimate of drug-likeness (QED) is 0.243. The number of nitrogens with zero attached hydrogens (tertiary/aromatic N) is 2. The summed E-state index contributed by atoms with van der Waals surface area (Å²) in [7, 11) is 1.91. The summed E-state index contributed by atoms with van der Waals surface area (Å²) in [6.07, 6.45) is 5.32. The van der Waals surface area contributed by atoms with E-state index in [1.165, 1.54) is 6.21 Å². The number of benzene rings is 1. The number of aromatic amines is 1. The number of rotatable bonds is 9. The predicted molar refractivity (Wildman–Crippen MR) is 116 cm³/mol. The third-order valence-electron chi connectivity index (χ3n) is 4.59. The third-order valence-corrected chi connectivity index (χ3v) is 4.89. The summed E-state index contributed by atoms with van der Waals surface area (Å²) in [5.41, 5.74) is 3.07. The Bertz CT molecular complexity index is 995. The fourth-order valence-corrected chi connectivity index (χ4v) is 3.24. The van der Waals surface area contributed by atoms with Crippen LogP contribution in [-0.2, 0) is 0 Å². The van der Waals surface area contributed by atoms with Crippen molar-refractivity contribution in [3.05, 3.63) is 35.0 Å². The normalized spacial score (nSPS) is 13.5. The van der Waals surface area contributed by atoms with E-state index in [1.807, 2.05) is 25.2 Å². The van der Waals surface area contributed by atoms with Crippen LogP contribution in [-0.4, -0.2) is 47.3 Å². The van der Waals surface area contributed by atoms with Crippen LogP contribution in [0.5, 0.6) is 0 Å². The summed E-state index contributed by atoms with van der Waals surface area (Å²) in [5, 5.41) is 22.4. The first kappa shape index (κ1) is 18.5. The second kappa shape index (κ2) is 8.04. The van der Waals surface area contributed by atoms with Crippen molar-refractivity contribution < 1.29 is 0 Å². The molecule has 2 heterocycles. The summed E-state index contributed by atoms with van der Waals surface area (Å²) in [5.74, 6) is 1.17. The Labute approximate surface area is 168 Å². The number of hydrogen-bond donors (Lipinski definition) is 6. The van der Waals surface area contributed by atoms with Crippen molar-refractivity contribution in [2.24, 2.45) is 0 Å². The van der Waals surface area contributed by atoms with Gasteiger partial charge in [0.05, 0.1) is 16.1 Å². The molecule has 8 nitrogen and oxygen atoms in total. The van der Waals surface area contributed by atoms with Gasteiger partial charge in [0, 0.05) is 42.8 Å². The van der Waals surface area contributed by atoms with Crippen molar-refractivity contribution in [3.8, 4) is 0 Å². The molecule has 3 aromatic rings. The molecule has 0 aliphatic heterocycles. The lowest BCUT2D eigenvalue weighted by atomic mass is 10.1. The number of likely N-dealkylation sites (N-methyl/N-ethyl adjacent to an activating group) is 1. The molecule has 0 saturated heterocycles. The molecule has 0 spiro atoms. The van der Waals surface area contributed by atoms with Crippen molar-refractivity contribution in [3.63, 3.8) is 0 Å². The molecule has 1 saturated carbocycles. The van der Waals surface area contributed by atoms with Crippen LogP contribution in [0, 0.1) is 5.41 Å². The maximum Gasteiger partial charge on any atom is 0.231 e. The molecule has 0 bridgehead atoms. The Balaban J connectivity index is 1.66. The summed E-state index contributed by atoms with van der Waals surface area (Å²) >= 11 is 6.31. The molecule has 2 aromatic heterocycles. The predicted octanol–water partition coefficient (Wildman–Crippen LogP) is 3.56. The Hall–Kier alpha value is -2.84. The van der Waals surface area contributed by atoms with Crippen LogP contribution in [0.3, 0.4) is 0 Å². The summed E-state index contributed by atoms with van der Waals surface area (Å²) in [4.78, 5) is 12.3. The minimum Gasteiger partial charge on any atom is -0.383 e. The van der Waals surface area contributed by atoms with Crippen LogP contribution in [0.15, 0.2) is 24.4 Å². The van der Waals surface area contributed by atoms with Gasteiger partial charge in [-0.1, -0.05) is 17.7 Å². The molecule has 28 heavy (non-hydrogen) atoms. The van der Waals surface area contributed by atoms with E-state index in [4.69, 9.17) is 17.0 Å². The second-order valence-corrected chi connectivity index (χ2v) is 7.15. The molecule has 4 rings (SSSR count). The fourth-order valence-electron chi connectivity index (χ4n) is 3.00. The van der Waals surface area contributed by atoms with Gasteiger partial charge in [-0.2, -0.15) is 9.97 Å². The van der Waals surface area contributed by atoms with Gasteiger partial charge < -0.3 is 31.7 Å². The van der Waals surface area contributed by atoms with Gasteiger partial charge in [-0.15, -0.1) is 0 Å². The fraction of sp³-hybridized carbons (Fsp3) is 0.316. The lowest BCUT2D eigenvalue weighted by molar-refractivity contribution is 0.824. The number of H-pyrrole nitrogens is 1. The van der Waals surface area contributed by atoms with Crippen molar-refractivity contribution >= 4 is 52.0 Å². The highest BCUT2D eigenvalue weighted by Crippen LogP contribution is 2.34. The van der Waals surface area contributed by atoms with Gasteiger partial charge in [0.2, 0.25) is 5.95 Å². The first-order valence-electron chi connectivity index (χ1n) is 9.29. The smallest absolute Gasteiger partial charge is 0.231 e. The molecular formula is C19H23ClN8. The topological polar surface area (TPSA) is 114 Å². The average molecular weight is 399 g/mol. The maximum absolute atomic E-state index is 7.85. The molecule has 1 aromatic carbocycles. The number of halogens is 1. The molecule has 1 fully saturated rings. The van der Waals surface area contributed by atoms with Gasteiger partial charge in [-0.05, 0) is 32.0 Å². The Morgan fingerprint density at radius 2 is 2.07 bits per heavy atom. The monoisotopic (exact) mass is 398 g/mol. The van der Waals surface area contributed by atoms with Crippen molar-refractivity contribution in [1.82, 2.24) is 20.3 Å². The van der Waals surface area contributed by atoms with Crippen molar-refractivity contribution in [2.45, 2.75) is 18.9 Å². The lowest BCUT2D eigenvalue weighted by Crippen LogP contribution is -2.18. The Morgan fingerprint density at radius 1 is 1.25 bits per heavy atom. The summed E-state index contributed by atoms with van der Waals surface area (Å²) in [6.45, 7) is 1.60. The lowest BCUT2D eigenvalue weighted by Gasteiger charge is -2.15. The molecule has 0 amide bonds. The van der Waals surface area contributed by atoms with Crippen LogP contribution in [0.1, 0.15) is 18.4 Å². The van der Waals surface area contributed by atoms with Gasteiger partial charge in [-0.25, -0.2) is 0 Å². The van der Waals surface area contributed by atoms with E-state index in [9.17, 15) is 0 Å². The highest BCUT2D eigenvalue weighted by Gasteiger charge is 2.24. The first-order chi connectivity index (χ1) is 13.7. The number of hydrogen-bond acceptors (Lipinski definition) is 7. The highest BCUT2D eigenvalue weighted by atomic mass is 35.5. The zero-order valence-electron chi connectivity index (χ0n) is 15.6. The third kappa shape index (κ3) is 3.88. The van der Waals surface area contributed by atoms with E-state index in [1.54, 1.807) is 6.20 Å². The van der Waals surface area contributed by atoms with Crippen LogP contribution >= 0.6 is 11.6 Å². The van der Waals surface area contributed by atoms with Crippen LogP contribution in [0.4, 0.5) is 23.1 Å². The average Bonchev–Trinajstić information content (AvgIpc) is 3.43. The largest absolute Gasteiger partial charge is 0.383 e. The van der Waals surface area contributed by atoms with Gasteiger partial charge >= 0.3 is 0 Å². The Kier molecular flexibility index (Phi) is 5.31. The highest BCUT2D eigenvalue weighted by molar-refractivity contribution is 6.36. The molecule has 6 N–H and O–H groups in total. The van der Waals surface area contributed by atoms with Crippen molar-refractivity contribution in [1.29, 1.82) is 5.41 Å². The SMILES string of the molecule is CNCCNc1cccc(Nc2nc(NC3CC3)c3c(Cl)c[nH]c3n2)c1C=N. The molecular weight excluding hydrogens is 376 g/mol. The molecule has 1 aliphatic carbocycles. The first-order valence-corrected chi connectivity index (χ1v) is 9.67. The van der Waals surface area contributed by atoms with E-state index in [-0.39, 0.29) is 0 Å². The molecule has 0 atom stereocenters. The molecule has 9 heteroatoms. The molecule has 1 aliphatic rings. The van der Waals surface area contributed by atoms with E-state index in [0.717, 1.165) is 54.1 Å². The van der Waals surface area contributed by atoms with Crippen LogP contribution < -0.4 is 21.3 Å². The minimum absolute atomic E-state index is 0.439. The zero-order valence-corrected chi connectivity index (χ0v) is 16.3. The van der Waals surface area contributed by atoms with Gasteiger partial charge in [-0.3, -0.25) is 0 Å². The zero-order chi connectivity index (χ0) is 19.5. The van der Waals surface area contributed by atoms with Gasteiger partial charge in [0.1, 0.15) is 11.5 Å². The van der Waals surface area contributed by atoms with E-state index in [0.29, 0.717) is 22.7 Å². The standard InChI is InChI=1S/C19H23ClN8/c1-22-7-8-23-14-3-2-4-15(12(14)9-21)26-19-27-17-16(13(20)10-24-17)18(28-19)25-11-5-6-11/h2-4,9-11,21-23H,5-8H2,1H3,(H3,24,25,26,27,28). The maximum atomic E-state index is 7.85. The number of aromatic nitrogens is 3. The van der Waals surface area contributed by atoms with E-state index < -0.39 is 0 Å². The summed E-state index contributed by atoms with van der Waals surface area (Å²) < 4.78 is 0. The Morgan fingerprint density at radius 3 is 2.82 bits per heavy atom. The van der Waals surface area contributed by atoms with Crippen molar-refractivity contribution in [2.75, 3.05) is 36.1 Å². The minimum atomic E-state index is 0.439. The summed E-state index contributed by atoms with van der Waals surface area (Å²) in [6, 6.07) is 6.24. The second-order valence-electron chi connectivity index (χ2n) is 6.74. The van der Waals surface area contributed by atoms with Gasteiger partial charge in [0.25, 0.3) is 0 Å². The van der Waals surface area contributed by atoms with Gasteiger partial charge in [0.15, 0.2) is 0 Å². The van der Waals surface area contributed by atoms with E-state index in [2.05, 4.69) is 36.2 Å².